The molecule has 3 aromatic rings. The summed E-state index contributed by atoms with van der Waals surface area (Å²) in [5.41, 5.74) is 5.05. The van der Waals surface area contributed by atoms with Crippen molar-refractivity contribution < 1.29 is 19.1 Å². The minimum absolute atomic E-state index is 0.0260. The summed E-state index contributed by atoms with van der Waals surface area (Å²) in [4.78, 5) is 37.1. The van der Waals surface area contributed by atoms with Crippen LogP contribution in [-0.2, 0) is 11.3 Å². The quantitative estimate of drug-likeness (QED) is 0.477. The molecule has 2 saturated heterocycles. The molecular formula is C30H35N5O4S. The molecule has 4 heterocycles. The van der Waals surface area contributed by atoms with Gasteiger partial charge in [-0.25, -0.2) is 4.98 Å². The predicted molar refractivity (Wildman–Crippen MR) is 154 cm³/mol. The van der Waals surface area contributed by atoms with Gasteiger partial charge in [0.1, 0.15) is 5.69 Å². The molecule has 9 nitrogen and oxygen atoms in total. The summed E-state index contributed by atoms with van der Waals surface area (Å²) in [6.07, 6.45) is 1.39. The number of likely N-dealkylation sites (tertiary alicyclic amines) is 1. The van der Waals surface area contributed by atoms with Crippen LogP contribution >= 0.6 is 11.3 Å². The van der Waals surface area contributed by atoms with Gasteiger partial charge in [0.05, 0.1) is 0 Å². The number of hydrogen-bond donors (Lipinski definition) is 1. The van der Waals surface area contributed by atoms with Gasteiger partial charge in [0.15, 0.2) is 16.6 Å². The lowest BCUT2D eigenvalue weighted by Gasteiger charge is -2.38. The average Bonchev–Trinajstić information content (AvgIpc) is 3.64. The smallest absolute Gasteiger partial charge is 0.273 e. The summed E-state index contributed by atoms with van der Waals surface area (Å²) in [5.74, 6) is 1.74. The van der Waals surface area contributed by atoms with E-state index >= 15 is 0 Å². The fourth-order valence-corrected chi connectivity index (χ4v) is 6.25. The Kier molecular flexibility index (Phi) is 7.62. The summed E-state index contributed by atoms with van der Waals surface area (Å²) < 4.78 is 10.9. The number of carbonyl (C=O) groups excluding carboxylic acids is 2. The topological polar surface area (TPSA) is 87.2 Å². The first-order chi connectivity index (χ1) is 19.4. The van der Waals surface area contributed by atoms with Crippen LogP contribution in [0.15, 0.2) is 41.8 Å². The maximum absolute atomic E-state index is 13.3. The molecule has 0 atom stereocenters. The van der Waals surface area contributed by atoms with Crippen molar-refractivity contribution in [2.75, 3.05) is 51.4 Å². The number of nitrogens with zero attached hydrogens (tertiary/aromatic N) is 4. The number of piperidine rings is 1. The third-order valence-corrected chi connectivity index (χ3v) is 8.90. The van der Waals surface area contributed by atoms with Gasteiger partial charge >= 0.3 is 0 Å². The van der Waals surface area contributed by atoms with Crippen molar-refractivity contribution in [1.29, 1.82) is 0 Å². The molecule has 2 fully saturated rings. The van der Waals surface area contributed by atoms with Gasteiger partial charge in [-0.1, -0.05) is 12.1 Å². The van der Waals surface area contributed by atoms with E-state index in [1.54, 1.807) is 0 Å². The van der Waals surface area contributed by atoms with Crippen LogP contribution in [0.3, 0.4) is 0 Å². The predicted octanol–water partition coefficient (Wildman–Crippen LogP) is 4.43. The van der Waals surface area contributed by atoms with Crippen molar-refractivity contribution in [3.8, 4) is 11.5 Å². The molecule has 3 aliphatic rings. The second kappa shape index (κ2) is 11.5. The number of aryl methyl sites for hydroxylation is 2. The first-order valence-corrected chi connectivity index (χ1v) is 14.8. The van der Waals surface area contributed by atoms with Crippen molar-refractivity contribution in [1.82, 2.24) is 19.7 Å². The number of fused-ring (bicyclic) bond motifs is 1. The Morgan fingerprint density at radius 1 is 0.925 bits per heavy atom. The van der Waals surface area contributed by atoms with Crippen LogP contribution in [0.5, 0.6) is 11.5 Å². The molecule has 2 amide bonds. The summed E-state index contributed by atoms with van der Waals surface area (Å²) in [7, 11) is 0. The number of nitrogens with one attached hydrogen (secondary N) is 1. The van der Waals surface area contributed by atoms with Crippen molar-refractivity contribution in [2.24, 2.45) is 5.92 Å². The van der Waals surface area contributed by atoms with E-state index < -0.39 is 0 Å². The largest absolute Gasteiger partial charge is 0.454 e. The highest BCUT2D eigenvalue weighted by molar-refractivity contribution is 7.14. The number of benzene rings is 2. The summed E-state index contributed by atoms with van der Waals surface area (Å²) in [5, 5.41) is 5.82. The van der Waals surface area contributed by atoms with E-state index in [1.165, 1.54) is 28.0 Å². The number of hydrogen-bond acceptors (Lipinski definition) is 8. The number of ether oxygens (including phenoxy) is 2. The number of aromatic nitrogens is 1. The molecule has 0 spiro atoms. The third kappa shape index (κ3) is 5.78. The van der Waals surface area contributed by atoms with E-state index in [0.29, 0.717) is 36.8 Å². The van der Waals surface area contributed by atoms with Gasteiger partial charge in [0, 0.05) is 62.8 Å². The van der Waals surface area contributed by atoms with E-state index in [0.717, 1.165) is 49.9 Å². The molecule has 0 aliphatic carbocycles. The Morgan fingerprint density at radius 3 is 2.48 bits per heavy atom. The Bertz CT molecular complexity index is 1390. The lowest BCUT2D eigenvalue weighted by atomic mass is 9.94. The molecule has 6 rings (SSSR count). The van der Waals surface area contributed by atoms with Crippen molar-refractivity contribution in [3.05, 3.63) is 64.2 Å². The molecule has 1 N–H and O–H groups in total. The maximum atomic E-state index is 13.3. The van der Waals surface area contributed by atoms with Gasteiger partial charge < -0.3 is 24.6 Å². The van der Waals surface area contributed by atoms with Crippen LogP contribution < -0.4 is 14.8 Å². The van der Waals surface area contributed by atoms with Gasteiger partial charge in [0.2, 0.25) is 12.7 Å². The third-order valence-electron chi connectivity index (χ3n) is 8.14. The lowest BCUT2D eigenvalue weighted by Crippen LogP contribution is -2.51. The molecule has 1 aromatic heterocycles. The molecule has 0 bridgehead atoms. The molecule has 0 saturated carbocycles. The number of amides is 2. The van der Waals surface area contributed by atoms with Crippen LogP contribution in [0.25, 0.3) is 0 Å². The van der Waals surface area contributed by atoms with Crippen molar-refractivity contribution >= 4 is 34.0 Å². The summed E-state index contributed by atoms with van der Waals surface area (Å²) in [6, 6.07) is 12.3. The molecule has 0 radical (unpaired) electrons. The standard InChI is InChI=1S/C30H35N5O4S/c1-20-3-5-24(15-21(20)2)31-30-32-25(18-40-30)29(37)34-9-7-23(8-10-34)28(36)35-13-11-33(12-14-35)17-22-4-6-26-27(16-22)39-19-38-26/h3-6,15-16,18,23H,7-14,17,19H2,1-2H3,(H,31,32). The molecule has 3 aliphatic heterocycles. The molecule has 40 heavy (non-hydrogen) atoms. The fourth-order valence-electron chi connectivity index (χ4n) is 5.55. The van der Waals surface area contributed by atoms with E-state index in [4.69, 9.17) is 9.47 Å². The monoisotopic (exact) mass is 561 g/mol. The minimum Gasteiger partial charge on any atom is -0.454 e. The van der Waals surface area contributed by atoms with E-state index in [2.05, 4.69) is 47.2 Å². The zero-order valence-corrected chi connectivity index (χ0v) is 23.8. The number of anilines is 2. The highest BCUT2D eigenvalue weighted by Crippen LogP contribution is 2.33. The average molecular weight is 562 g/mol. The molecule has 2 aromatic carbocycles. The molecule has 210 valence electrons. The van der Waals surface area contributed by atoms with Crippen molar-refractivity contribution in [3.63, 3.8) is 0 Å². The zero-order valence-electron chi connectivity index (χ0n) is 23.0. The Morgan fingerprint density at radius 2 is 1.70 bits per heavy atom. The fraction of sp³-hybridized carbons (Fsp3) is 0.433. The number of carbonyl (C=O) groups is 2. The molecular weight excluding hydrogens is 526 g/mol. The highest BCUT2D eigenvalue weighted by Gasteiger charge is 2.32. The zero-order chi connectivity index (χ0) is 27.6. The van der Waals surface area contributed by atoms with Gasteiger partial charge in [-0.3, -0.25) is 14.5 Å². The summed E-state index contributed by atoms with van der Waals surface area (Å²) in [6.45, 7) is 9.60. The van der Waals surface area contributed by atoms with E-state index in [1.807, 2.05) is 33.4 Å². The number of thiazole rings is 1. The Labute approximate surface area is 238 Å². The second-order valence-corrected chi connectivity index (χ2v) is 11.7. The van der Waals surface area contributed by atoms with Crippen LogP contribution in [0.2, 0.25) is 0 Å². The van der Waals surface area contributed by atoms with Crippen LogP contribution in [-0.4, -0.2) is 77.6 Å². The summed E-state index contributed by atoms with van der Waals surface area (Å²) >= 11 is 1.43. The van der Waals surface area contributed by atoms with Crippen LogP contribution in [0, 0.1) is 19.8 Å². The first-order valence-electron chi connectivity index (χ1n) is 13.9. The molecule has 0 unspecified atom stereocenters. The van der Waals surface area contributed by atoms with Gasteiger partial charge in [-0.05, 0) is 67.6 Å². The number of rotatable bonds is 6. The SMILES string of the molecule is Cc1ccc(Nc2nc(C(=O)N3CCC(C(=O)N4CCN(Cc5ccc6c(c5)OCO6)CC4)CC3)cs2)cc1C. The maximum Gasteiger partial charge on any atom is 0.273 e. The highest BCUT2D eigenvalue weighted by atomic mass is 32.1. The Hall–Kier alpha value is -3.63. The van der Waals surface area contributed by atoms with E-state index in [-0.39, 0.29) is 24.5 Å². The van der Waals surface area contributed by atoms with Crippen molar-refractivity contribution in [2.45, 2.75) is 33.2 Å². The van der Waals surface area contributed by atoms with Gasteiger partial charge in [-0.15, -0.1) is 11.3 Å². The first kappa shape index (κ1) is 26.6. The molecule has 10 heteroatoms. The van der Waals surface area contributed by atoms with E-state index in [9.17, 15) is 9.59 Å². The lowest BCUT2D eigenvalue weighted by molar-refractivity contribution is -0.138. The van der Waals surface area contributed by atoms with Crippen LogP contribution in [0.4, 0.5) is 10.8 Å². The normalized spacial score (nSPS) is 17.8. The van der Waals surface area contributed by atoms with Gasteiger partial charge in [-0.2, -0.15) is 0 Å². The number of piperazine rings is 1. The Balaban J connectivity index is 0.958. The second-order valence-electron chi connectivity index (χ2n) is 10.8. The van der Waals surface area contributed by atoms with Gasteiger partial charge in [0.25, 0.3) is 5.91 Å². The van der Waals surface area contributed by atoms with Crippen LogP contribution in [0.1, 0.15) is 40.0 Å². The minimum atomic E-state index is -0.0626.